The van der Waals surface area contributed by atoms with Crippen LogP contribution in [0.5, 0.6) is 11.6 Å². The van der Waals surface area contributed by atoms with Gasteiger partial charge in [0.1, 0.15) is 16.9 Å². The second kappa shape index (κ2) is 10.7. The van der Waals surface area contributed by atoms with Gasteiger partial charge in [0.2, 0.25) is 5.88 Å². The lowest BCUT2D eigenvalue weighted by Gasteiger charge is -2.27. The zero-order valence-corrected chi connectivity index (χ0v) is 26.0. The van der Waals surface area contributed by atoms with Crippen LogP contribution in [0.3, 0.4) is 0 Å². The molecule has 2 unspecified atom stereocenters. The van der Waals surface area contributed by atoms with Crippen LogP contribution < -0.4 is 10.5 Å². The van der Waals surface area contributed by atoms with E-state index in [1.54, 1.807) is 24.1 Å². The lowest BCUT2D eigenvalue weighted by Crippen LogP contribution is -2.41. The summed E-state index contributed by atoms with van der Waals surface area (Å²) in [7, 11) is 1.64. The van der Waals surface area contributed by atoms with Crippen LogP contribution in [0.2, 0.25) is 0 Å². The zero-order valence-electron chi connectivity index (χ0n) is 26.0. The number of aromatic nitrogens is 7. The Bertz CT molecular complexity index is 2160. The van der Waals surface area contributed by atoms with E-state index in [1.165, 1.54) is 18.9 Å². The van der Waals surface area contributed by atoms with E-state index in [-0.39, 0.29) is 23.9 Å². The summed E-state index contributed by atoms with van der Waals surface area (Å²) < 4.78 is 12.2. The smallest absolute Gasteiger partial charge is 0.254 e. The van der Waals surface area contributed by atoms with Crippen LogP contribution in [0, 0.1) is 11.8 Å². The normalized spacial score (nSPS) is 20.6. The predicted molar refractivity (Wildman–Crippen MR) is 175 cm³/mol. The minimum atomic E-state index is -0.0447. The van der Waals surface area contributed by atoms with Gasteiger partial charge in [-0.25, -0.2) is 19.6 Å². The first-order valence-electron chi connectivity index (χ1n) is 16.2. The van der Waals surface area contributed by atoms with Crippen molar-refractivity contribution in [3.8, 4) is 28.8 Å². The Morgan fingerprint density at radius 3 is 2.70 bits per heavy atom. The van der Waals surface area contributed by atoms with Crippen molar-refractivity contribution >= 4 is 28.0 Å². The molecule has 12 heteroatoms. The number of hydrogen-bond acceptors (Lipinski definition) is 8. The first-order chi connectivity index (χ1) is 22.9. The second-order valence-corrected chi connectivity index (χ2v) is 13.2. The SMILES string of the molecule is COc1cc(C(=O)N2CC3CCC2[C@@H]3N)cc2nc(-c3cc4cccnc4n3CC3CC3)n(Cc3cnn(-c4ccc(O)nc4)c3)c12. The van der Waals surface area contributed by atoms with Gasteiger partial charge in [-0.15, -0.1) is 0 Å². The summed E-state index contributed by atoms with van der Waals surface area (Å²) >= 11 is 0. The number of aromatic hydroxyl groups is 1. The molecule has 3 atom stereocenters. The summed E-state index contributed by atoms with van der Waals surface area (Å²) in [5.74, 6) is 2.25. The van der Waals surface area contributed by atoms with Crippen LogP contribution >= 0.6 is 0 Å². The molecule has 1 aliphatic heterocycles. The highest BCUT2D eigenvalue weighted by atomic mass is 16.5. The largest absolute Gasteiger partial charge is 0.494 e. The summed E-state index contributed by atoms with van der Waals surface area (Å²) in [4.78, 5) is 29.9. The molecule has 6 heterocycles. The number of pyridine rings is 2. The predicted octanol–water partition coefficient (Wildman–Crippen LogP) is 4.37. The number of carbonyl (C=O) groups excluding carboxylic acids is 1. The number of piperidine rings is 1. The number of rotatable bonds is 8. The molecule has 2 saturated carbocycles. The van der Waals surface area contributed by atoms with E-state index in [2.05, 4.69) is 31.3 Å². The quantitative estimate of drug-likeness (QED) is 0.253. The third kappa shape index (κ3) is 4.65. The molecular formula is C35H35N9O3. The van der Waals surface area contributed by atoms with Crippen molar-refractivity contribution in [1.29, 1.82) is 0 Å². The lowest BCUT2D eigenvalue weighted by molar-refractivity contribution is 0.0700. The van der Waals surface area contributed by atoms with E-state index in [9.17, 15) is 9.90 Å². The van der Waals surface area contributed by atoms with Crippen LogP contribution in [0.15, 0.2) is 67.3 Å². The molecule has 47 heavy (non-hydrogen) atoms. The molecule has 2 aliphatic carbocycles. The monoisotopic (exact) mass is 629 g/mol. The third-order valence-corrected chi connectivity index (χ3v) is 10.2. The number of methoxy groups -OCH3 is 1. The highest BCUT2D eigenvalue weighted by molar-refractivity contribution is 6.00. The standard InChI is InChI=1S/C35H35N9O3/c1-47-29-13-24(35(46)42-19-23-6-8-27(42)31(23)36)11-26-32(29)43(17-21-14-39-44(18-21)25-7-9-30(45)38-15-25)34(40-26)28-12-22-3-2-10-37-33(22)41(28)16-20-4-5-20/h2-3,7,9-15,18,20,23,27,31H,4-6,8,16-17,19,36H2,1H3,(H,38,45)/t23?,27?,31-/m1/s1. The van der Waals surface area contributed by atoms with Crippen molar-refractivity contribution in [2.45, 2.75) is 50.9 Å². The van der Waals surface area contributed by atoms with E-state index < -0.39 is 0 Å². The molecule has 3 fully saturated rings. The van der Waals surface area contributed by atoms with Crippen molar-refractivity contribution in [1.82, 2.24) is 38.8 Å². The van der Waals surface area contributed by atoms with E-state index in [4.69, 9.17) is 20.4 Å². The van der Waals surface area contributed by atoms with Gasteiger partial charge in [0.15, 0.2) is 5.82 Å². The molecule has 1 aromatic carbocycles. The number of amides is 1. The van der Waals surface area contributed by atoms with E-state index in [1.807, 2.05) is 41.7 Å². The molecule has 1 saturated heterocycles. The number of likely N-dealkylation sites (tertiary alicyclic amines) is 1. The van der Waals surface area contributed by atoms with Crippen molar-refractivity contribution in [3.63, 3.8) is 0 Å². The molecule has 0 radical (unpaired) electrons. The summed E-state index contributed by atoms with van der Waals surface area (Å²) in [5, 5.41) is 15.3. The summed E-state index contributed by atoms with van der Waals surface area (Å²) in [6, 6.07) is 13.4. The number of benzene rings is 1. The summed E-state index contributed by atoms with van der Waals surface area (Å²) in [6.45, 7) is 2.01. The number of nitrogens with zero attached hydrogens (tertiary/aromatic N) is 8. The average Bonchev–Trinajstić information content (AvgIpc) is 3.39. The maximum absolute atomic E-state index is 13.9. The average molecular weight is 630 g/mol. The van der Waals surface area contributed by atoms with Crippen molar-refractivity contribution in [2.75, 3.05) is 13.7 Å². The van der Waals surface area contributed by atoms with Gasteiger partial charge in [0, 0.05) is 60.1 Å². The number of hydrogen-bond donors (Lipinski definition) is 2. The topological polar surface area (TPSA) is 142 Å². The van der Waals surface area contributed by atoms with Crippen LogP contribution in [0.25, 0.3) is 39.3 Å². The van der Waals surface area contributed by atoms with E-state index in [0.717, 1.165) is 58.7 Å². The zero-order chi connectivity index (χ0) is 31.8. The molecular weight excluding hydrogens is 594 g/mol. The van der Waals surface area contributed by atoms with E-state index >= 15 is 0 Å². The maximum Gasteiger partial charge on any atom is 0.254 e. The maximum atomic E-state index is 13.9. The summed E-state index contributed by atoms with van der Waals surface area (Å²) in [5.41, 5.74) is 12.1. The fourth-order valence-corrected chi connectivity index (χ4v) is 7.60. The molecule has 5 aromatic heterocycles. The van der Waals surface area contributed by atoms with Crippen LogP contribution in [0.1, 0.15) is 41.6 Å². The van der Waals surface area contributed by atoms with Gasteiger partial charge in [-0.1, -0.05) is 0 Å². The molecule has 2 bridgehead atoms. The van der Waals surface area contributed by atoms with Gasteiger partial charge >= 0.3 is 0 Å². The van der Waals surface area contributed by atoms with Crippen LogP contribution in [-0.2, 0) is 13.1 Å². The Morgan fingerprint density at radius 2 is 1.96 bits per heavy atom. The van der Waals surface area contributed by atoms with Crippen molar-refractivity contribution in [2.24, 2.45) is 17.6 Å². The minimum absolute atomic E-state index is 0.0280. The Hall–Kier alpha value is -5.23. The highest BCUT2D eigenvalue weighted by Crippen LogP contribution is 2.40. The number of carbonyl (C=O) groups is 1. The van der Waals surface area contributed by atoms with Gasteiger partial charge in [0.05, 0.1) is 42.9 Å². The summed E-state index contributed by atoms with van der Waals surface area (Å²) in [6.07, 6.45) is 11.6. The number of imidazole rings is 1. The van der Waals surface area contributed by atoms with Crippen molar-refractivity contribution in [3.05, 3.63) is 78.4 Å². The Balaban J connectivity index is 1.19. The van der Waals surface area contributed by atoms with Crippen molar-refractivity contribution < 1.29 is 14.6 Å². The van der Waals surface area contributed by atoms with Gasteiger partial charge in [0.25, 0.3) is 5.91 Å². The number of nitrogens with two attached hydrogens (primary N) is 1. The molecule has 1 amide bonds. The first-order valence-corrected chi connectivity index (χ1v) is 16.2. The van der Waals surface area contributed by atoms with Crippen LogP contribution in [0.4, 0.5) is 0 Å². The fraction of sp³-hybridized carbons (Fsp3) is 0.343. The molecule has 0 spiro atoms. The third-order valence-electron chi connectivity index (χ3n) is 10.2. The Kier molecular flexibility index (Phi) is 6.36. The van der Waals surface area contributed by atoms with Gasteiger partial charge < -0.3 is 29.6 Å². The molecule has 3 aliphatic rings. The van der Waals surface area contributed by atoms with Crippen LogP contribution in [-0.4, -0.2) is 75.5 Å². The Labute approximate surface area is 270 Å². The molecule has 238 valence electrons. The van der Waals surface area contributed by atoms with Gasteiger partial charge in [-0.3, -0.25) is 4.79 Å². The van der Waals surface area contributed by atoms with Gasteiger partial charge in [-0.05, 0) is 73.9 Å². The minimum Gasteiger partial charge on any atom is -0.494 e. The fourth-order valence-electron chi connectivity index (χ4n) is 7.60. The lowest BCUT2D eigenvalue weighted by atomic mass is 10.1. The first kappa shape index (κ1) is 28.0. The van der Waals surface area contributed by atoms with E-state index in [0.29, 0.717) is 41.8 Å². The molecule has 12 nitrogen and oxygen atoms in total. The molecule has 9 rings (SSSR count). The number of fused-ring (bicyclic) bond motifs is 4. The highest BCUT2D eigenvalue weighted by Gasteiger charge is 2.47. The molecule has 6 aromatic rings. The van der Waals surface area contributed by atoms with Gasteiger partial charge in [-0.2, -0.15) is 5.10 Å². The Morgan fingerprint density at radius 1 is 1.06 bits per heavy atom. The number of ether oxygens (including phenoxy) is 1. The molecule has 3 N–H and O–H groups in total. The second-order valence-electron chi connectivity index (χ2n) is 13.2.